The Morgan fingerprint density at radius 3 is 2.54 bits per heavy atom. The number of hydrogen-bond donors (Lipinski definition) is 0. The lowest BCUT2D eigenvalue weighted by Gasteiger charge is -2.17. The normalized spacial score (nSPS) is 13.6. The number of hydrogen-bond acceptors (Lipinski definition) is 4. The van der Waals surface area contributed by atoms with Crippen LogP contribution in [0, 0.1) is 0 Å². The molecule has 5 nitrogen and oxygen atoms in total. The predicted octanol–water partition coefficient (Wildman–Crippen LogP) is 2.45. The molecule has 126 valence electrons. The Labute approximate surface area is 141 Å². The van der Waals surface area contributed by atoms with Crippen LogP contribution in [0.25, 0.3) is 0 Å². The SMILES string of the molecule is CCOc1ccc(S(=O)(=O)CC(=O)N2CCc3ccccc32)cc1. The zero-order valence-electron chi connectivity index (χ0n) is 13.4. The van der Waals surface area contributed by atoms with Gasteiger partial charge in [-0.15, -0.1) is 0 Å². The number of amides is 1. The molecule has 1 amide bonds. The summed E-state index contributed by atoms with van der Waals surface area (Å²) in [7, 11) is -3.68. The molecule has 3 rings (SSSR count). The molecule has 0 atom stereocenters. The minimum Gasteiger partial charge on any atom is -0.494 e. The highest BCUT2D eigenvalue weighted by Gasteiger charge is 2.28. The molecule has 0 N–H and O–H groups in total. The van der Waals surface area contributed by atoms with E-state index < -0.39 is 21.5 Å². The van der Waals surface area contributed by atoms with Gasteiger partial charge in [0.2, 0.25) is 5.91 Å². The van der Waals surface area contributed by atoms with Gasteiger partial charge in [-0.1, -0.05) is 18.2 Å². The van der Waals surface area contributed by atoms with Crippen molar-refractivity contribution in [2.24, 2.45) is 0 Å². The van der Waals surface area contributed by atoms with Gasteiger partial charge in [-0.25, -0.2) is 8.42 Å². The Balaban J connectivity index is 1.76. The Kier molecular flexibility index (Phi) is 4.57. The number of rotatable bonds is 5. The lowest BCUT2D eigenvalue weighted by molar-refractivity contribution is -0.116. The van der Waals surface area contributed by atoms with Crippen molar-refractivity contribution in [3.8, 4) is 5.75 Å². The second kappa shape index (κ2) is 6.65. The second-order valence-corrected chi connectivity index (χ2v) is 7.58. The molecule has 0 saturated heterocycles. The standard InChI is InChI=1S/C18H19NO4S/c1-2-23-15-7-9-16(10-8-15)24(21,22)13-18(20)19-12-11-14-5-3-4-6-17(14)19/h3-10H,2,11-13H2,1H3. The van der Waals surface area contributed by atoms with Crippen LogP contribution in [0.5, 0.6) is 5.75 Å². The molecular formula is C18H19NO4S. The van der Waals surface area contributed by atoms with Gasteiger partial charge >= 0.3 is 0 Å². The van der Waals surface area contributed by atoms with E-state index in [1.165, 1.54) is 12.1 Å². The van der Waals surface area contributed by atoms with Gasteiger partial charge in [-0.2, -0.15) is 0 Å². The molecule has 0 saturated carbocycles. The molecular weight excluding hydrogens is 326 g/mol. The zero-order chi connectivity index (χ0) is 17.2. The number of ether oxygens (including phenoxy) is 1. The van der Waals surface area contributed by atoms with Crippen LogP contribution in [0.1, 0.15) is 12.5 Å². The van der Waals surface area contributed by atoms with E-state index in [0.717, 1.165) is 17.7 Å². The van der Waals surface area contributed by atoms with Crippen LogP contribution in [-0.2, 0) is 21.1 Å². The van der Waals surface area contributed by atoms with Gasteiger partial charge in [0.25, 0.3) is 0 Å². The molecule has 24 heavy (non-hydrogen) atoms. The van der Waals surface area contributed by atoms with Crippen molar-refractivity contribution < 1.29 is 17.9 Å². The quantitative estimate of drug-likeness (QED) is 0.835. The molecule has 1 aliphatic heterocycles. The van der Waals surface area contributed by atoms with E-state index in [1.54, 1.807) is 17.0 Å². The number of para-hydroxylation sites is 1. The van der Waals surface area contributed by atoms with E-state index in [4.69, 9.17) is 4.74 Å². The first kappa shape index (κ1) is 16.5. The maximum Gasteiger partial charge on any atom is 0.242 e. The third-order valence-electron chi connectivity index (χ3n) is 4.00. The molecule has 0 aromatic heterocycles. The second-order valence-electron chi connectivity index (χ2n) is 5.59. The van der Waals surface area contributed by atoms with Crippen LogP contribution in [0.15, 0.2) is 53.4 Å². The van der Waals surface area contributed by atoms with Gasteiger partial charge in [0.05, 0.1) is 11.5 Å². The fourth-order valence-corrected chi connectivity index (χ4v) is 4.03. The van der Waals surface area contributed by atoms with E-state index in [2.05, 4.69) is 0 Å². The topological polar surface area (TPSA) is 63.7 Å². The minimum absolute atomic E-state index is 0.131. The van der Waals surface area contributed by atoms with E-state index in [9.17, 15) is 13.2 Å². The van der Waals surface area contributed by atoms with Crippen LogP contribution in [0.3, 0.4) is 0 Å². The van der Waals surface area contributed by atoms with E-state index in [-0.39, 0.29) is 4.90 Å². The third-order valence-corrected chi connectivity index (χ3v) is 5.61. The average molecular weight is 345 g/mol. The third kappa shape index (κ3) is 3.28. The van der Waals surface area contributed by atoms with Gasteiger partial charge in [0.15, 0.2) is 9.84 Å². The average Bonchev–Trinajstić information content (AvgIpc) is 2.99. The highest BCUT2D eigenvalue weighted by molar-refractivity contribution is 7.92. The summed E-state index contributed by atoms with van der Waals surface area (Å²) in [6, 6.07) is 13.7. The van der Waals surface area contributed by atoms with Crippen molar-refractivity contribution in [1.82, 2.24) is 0 Å². The van der Waals surface area contributed by atoms with Gasteiger partial charge < -0.3 is 9.64 Å². The molecule has 0 aliphatic carbocycles. The van der Waals surface area contributed by atoms with Gasteiger partial charge in [0, 0.05) is 12.2 Å². The van der Waals surface area contributed by atoms with Crippen molar-refractivity contribution in [3.63, 3.8) is 0 Å². The summed E-state index contributed by atoms with van der Waals surface area (Å²) in [5.74, 6) is -0.319. The molecule has 0 unspecified atom stereocenters. The zero-order valence-corrected chi connectivity index (χ0v) is 14.3. The van der Waals surface area contributed by atoms with E-state index in [0.29, 0.717) is 18.9 Å². The molecule has 6 heteroatoms. The van der Waals surface area contributed by atoms with Crippen molar-refractivity contribution in [2.75, 3.05) is 23.8 Å². The van der Waals surface area contributed by atoms with E-state index >= 15 is 0 Å². The molecule has 1 heterocycles. The molecule has 1 aliphatic rings. The van der Waals surface area contributed by atoms with Crippen LogP contribution in [-0.4, -0.2) is 33.2 Å². The van der Waals surface area contributed by atoms with Gasteiger partial charge in [0.1, 0.15) is 11.5 Å². The fourth-order valence-electron chi connectivity index (χ4n) is 2.83. The Hall–Kier alpha value is -2.34. The number of benzene rings is 2. The molecule has 0 fully saturated rings. The maximum atomic E-state index is 12.5. The lowest BCUT2D eigenvalue weighted by atomic mass is 10.2. The van der Waals surface area contributed by atoms with Crippen molar-refractivity contribution >= 4 is 21.4 Å². The highest BCUT2D eigenvalue weighted by atomic mass is 32.2. The Bertz CT molecular complexity index is 844. The summed E-state index contributed by atoms with van der Waals surface area (Å²) in [5, 5.41) is 0. The fraction of sp³-hybridized carbons (Fsp3) is 0.278. The van der Waals surface area contributed by atoms with Crippen LogP contribution < -0.4 is 9.64 Å². The van der Waals surface area contributed by atoms with Crippen molar-refractivity contribution in [2.45, 2.75) is 18.2 Å². The van der Waals surface area contributed by atoms with Gasteiger partial charge in [-0.3, -0.25) is 4.79 Å². The molecule has 2 aromatic rings. The first-order chi connectivity index (χ1) is 11.5. The summed E-state index contributed by atoms with van der Waals surface area (Å²) < 4.78 is 30.3. The lowest BCUT2D eigenvalue weighted by Crippen LogP contribution is -2.34. The number of fused-ring (bicyclic) bond motifs is 1. The number of nitrogens with zero attached hydrogens (tertiary/aromatic N) is 1. The summed E-state index contributed by atoms with van der Waals surface area (Å²) in [4.78, 5) is 14.2. The smallest absolute Gasteiger partial charge is 0.242 e. The largest absolute Gasteiger partial charge is 0.494 e. The van der Waals surface area contributed by atoms with Gasteiger partial charge in [-0.05, 0) is 49.2 Å². The molecule has 0 radical (unpaired) electrons. The molecule has 0 spiro atoms. The van der Waals surface area contributed by atoms with Crippen LogP contribution in [0.4, 0.5) is 5.69 Å². The summed E-state index contributed by atoms with van der Waals surface area (Å²) in [6.45, 7) is 2.90. The highest BCUT2D eigenvalue weighted by Crippen LogP contribution is 2.28. The first-order valence-electron chi connectivity index (χ1n) is 7.85. The summed E-state index contributed by atoms with van der Waals surface area (Å²) in [6.07, 6.45) is 0.755. The van der Waals surface area contributed by atoms with Crippen LogP contribution in [0.2, 0.25) is 0 Å². The number of anilines is 1. The van der Waals surface area contributed by atoms with Crippen molar-refractivity contribution in [3.05, 3.63) is 54.1 Å². The first-order valence-corrected chi connectivity index (χ1v) is 9.50. The number of sulfone groups is 1. The minimum atomic E-state index is -3.68. The summed E-state index contributed by atoms with van der Waals surface area (Å²) >= 11 is 0. The molecule has 2 aromatic carbocycles. The maximum absolute atomic E-state index is 12.5. The van der Waals surface area contributed by atoms with Crippen molar-refractivity contribution in [1.29, 1.82) is 0 Å². The monoisotopic (exact) mass is 345 g/mol. The Morgan fingerprint density at radius 1 is 1.12 bits per heavy atom. The Morgan fingerprint density at radius 2 is 1.83 bits per heavy atom. The number of carbonyl (C=O) groups excluding carboxylic acids is 1. The van der Waals surface area contributed by atoms with Crippen LogP contribution >= 0.6 is 0 Å². The molecule has 0 bridgehead atoms. The van der Waals surface area contributed by atoms with E-state index in [1.807, 2.05) is 31.2 Å². The predicted molar refractivity (Wildman–Crippen MR) is 92.2 cm³/mol. The summed E-state index contributed by atoms with van der Waals surface area (Å²) in [5.41, 5.74) is 1.88. The number of carbonyl (C=O) groups is 1.